The molecule has 2 rings (SSSR count). The number of hydrogen-bond donors (Lipinski definition) is 2. The molecule has 1 aromatic rings. The number of hydrogen-bond acceptors (Lipinski definition) is 5. The molecule has 0 radical (unpaired) electrons. The Labute approximate surface area is 93.9 Å². The van der Waals surface area contributed by atoms with E-state index in [4.69, 9.17) is 0 Å². The Morgan fingerprint density at radius 3 is 2.81 bits per heavy atom. The highest BCUT2D eigenvalue weighted by atomic mass is 16.1. The van der Waals surface area contributed by atoms with Crippen molar-refractivity contribution in [3.63, 3.8) is 0 Å². The van der Waals surface area contributed by atoms with Crippen molar-refractivity contribution in [1.82, 2.24) is 20.5 Å². The Kier molecular flexibility index (Phi) is 2.98. The van der Waals surface area contributed by atoms with Crippen LogP contribution in [0.3, 0.4) is 0 Å². The van der Waals surface area contributed by atoms with Crippen LogP contribution in [0.5, 0.6) is 0 Å². The van der Waals surface area contributed by atoms with Gasteiger partial charge in [-0.1, -0.05) is 0 Å². The molecule has 0 saturated carbocycles. The number of amides is 1. The van der Waals surface area contributed by atoms with E-state index in [0.29, 0.717) is 18.9 Å². The number of anilines is 1. The number of aryl methyl sites for hydroxylation is 2. The maximum atomic E-state index is 11.0. The second-order valence-electron chi connectivity index (χ2n) is 3.99. The van der Waals surface area contributed by atoms with Crippen LogP contribution in [-0.4, -0.2) is 33.7 Å². The molecule has 0 bridgehead atoms. The Hall–Kier alpha value is -1.72. The lowest BCUT2D eigenvalue weighted by molar-refractivity contribution is -0.119. The fraction of sp³-hybridized carbons (Fsp3) is 0.600. The van der Waals surface area contributed by atoms with Crippen LogP contribution in [-0.2, 0) is 4.79 Å². The molecule has 0 aliphatic carbocycles. The molecular weight excluding hydrogens is 206 g/mol. The summed E-state index contributed by atoms with van der Waals surface area (Å²) in [5.41, 5.74) is 1.70. The number of nitrogens with one attached hydrogen (secondary N) is 2. The maximum absolute atomic E-state index is 11.0. The first-order valence-electron chi connectivity index (χ1n) is 5.36. The number of nitrogens with zero attached hydrogens (tertiary/aromatic N) is 3. The maximum Gasteiger partial charge on any atom is 0.243 e. The lowest BCUT2D eigenvalue weighted by Gasteiger charge is -2.11. The Morgan fingerprint density at radius 1 is 1.38 bits per heavy atom. The van der Waals surface area contributed by atoms with Crippen LogP contribution in [0.4, 0.5) is 5.95 Å². The molecule has 1 aromatic heterocycles. The SMILES string of the molecule is Cc1nnc(NCC2CCC(=O)N2)nc1C. The summed E-state index contributed by atoms with van der Waals surface area (Å²) in [5.74, 6) is 0.634. The van der Waals surface area contributed by atoms with Crippen molar-refractivity contribution >= 4 is 11.9 Å². The van der Waals surface area contributed by atoms with Gasteiger partial charge in [-0.15, -0.1) is 5.10 Å². The third-order valence-electron chi connectivity index (χ3n) is 2.68. The minimum atomic E-state index is 0.117. The van der Waals surface area contributed by atoms with E-state index in [0.717, 1.165) is 17.8 Å². The number of carbonyl (C=O) groups excluding carboxylic acids is 1. The largest absolute Gasteiger partial charge is 0.352 e. The first kappa shape index (κ1) is 10.8. The van der Waals surface area contributed by atoms with Gasteiger partial charge < -0.3 is 10.6 Å². The lowest BCUT2D eigenvalue weighted by Crippen LogP contribution is -2.32. The van der Waals surface area contributed by atoms with E-state index in [1.807, 2.05) is 13.8 Å². The van der Waals surface area contributed by atoms with Gasteiger partial charge in [0, 0.05) is 19.0 Å². The summed E-state index contributed by atoms with van der Waals surface area (Å²) in [6.07, 6.45) is 1.47. The lowest BCUT2D eigenvalue weighted by atomic mass is 10.2. The van der Waals surface area contributed by atoms with Gasteiger partial charge >= 0.3 is 0 Å². The van der Waals surface area contributed by atoms with Gasteiger partial charge in [-0.3, -0.25) is 4.79 Å². The molecule has 1 aliphatic rings. The monoisotopic (exact) mass is 221 g/mol. The summed E-state index contributed by atoms with van der Waals surface area (Å²) in [6, 6.07) is 0.178. The first-order chi connectivity index (χ1) is 7.65. The van der Waals surface area contributed by atoms with Crippen molar-refractivity contribution in [2.75, 3.05) is 11.9 Å². The van der Waals surface area contributed by atoms with Gasteiger partial charge in [-0.05, 0) is 20.3 Å². The van der Waals surface area contributed by atoms with Gasteiger partial charge in [0.1, 0.15) is 0 Å². The van der Waals surface area contributed by atoms with E-state index >= 15 is 0 Å². The van der Waals surface area contributed by atoms with E-state index in [2.05, 4.69) is 25.8 Å². The molecule has 86 valence electrons. The summed E-state index contributed by atoms with van der Waals surface area (Å²) < 4.78 is 0. The van der Waals surface area contributed by atoms with E-state index in [9.17, 15) is 4.79 Å². The molecule has 1 saturated heterocycles. The van der Waals surface area contributed by atoms with E-state index < -0.39 is 0 Å². The number of rotatable bonds is 3. The molecule has 1 unspecified atom stereocenters. The predicted octanol–water partition coefficient (Wildman–Crippen LogP) is 0.179. The molecule has 0 aromatic carbocycles. The van der Waals surface area contributed by atoms with Crippen LogP contribution in [0.1, 0.15) is 24.2 Å². The fourth-order valence-electron chi connectivity index (χ4n) is 1.58. The van der Waals surface area contributed by atoms with Crippen LogP contribution >= 0.6 is 0 Å². The second kappa shape index (κ2) is 4.42. The standard InChI is InChI=1S/C10H15N5O/c1-6-7(2)14-15-10(12-6)11-5-8-3-4-9(16)13-8/h8H,3-5H2,1-2H3,(H,13,16)(H,11,12,15). The highest BCUT2D eigenvalue weighted by Crippen LogP contribution is 2.07. The van der Waals surface area contributed by atoms with Gasteiger partial charge in [0.25, 0.3) is 0 Å². The highest BCUT2D eigenvalue weighted by Gasteiger charge is 2.20. The fourth-order valence-corrected chi connectivity index (χ4v) is 1.58. The molecule has 1 amide bonds. The third-order valence-corrected chi connectivity index (χ3v) is 2.68. The second-order valence-corrected chi connectivity index (χ2v) is 3.99. The van der Waals surface area contributed by atoms with Crippen LogP contribution in [0.25, 0.3) is 0 Å². The zero-order chi connectivity index (χ0) is 11.5. The van der Waals surface area contributed by atoms with E-state index in [-0.39, 0.29) is 11.9 Å². The van der Waals surface area contributed by atoms with E-state index in [1.54, 1.807) is 0 Å². The summed E-state index contributed by atoms with van der Waals surface area (Å²) in [5, 5.41) is 13.9. The summed E-state index contributed by atoms with van der Waals surface area (Å²) >= 11 is 0. The van der Waals surface area contributed by atoms with Crippen molar-refractivity contribution in [3.8, 4) is 0 Å². The van der Waals surface area contributed by atoms with Crippen molar-refractivity contribution < 1.29 is 4.79 Å². The topological polar surface area (TPSA) is 79.8 Å². The van der Waals surface area contributed by atoms with Crippen molar-refractivity contribution in [2.45, 2.75) is 32.7 Å². The van der Waals surface area contributed by atoms with Crippen LogP contribution < -0.4 is 10.6 Å². The Bertz CT molecular complexity index is 406. The van der Waals surface area contributed by atoms with Gasteiger partial charge in [-0.25, -0.2) is 4.98 Å². The van der Waals surface area contributed by atoms with Gasteiger partial charge in [0.05, 0.1) is 11.4 Å². The molecule has 2 N–H and O–H groups in total. The van der Waals surface area contributed by atoms with Gasteiger partial charge in [0.15, 0.2) is 0 Å². The Morgan fingerprint density at radius 2 is 2.19 bits per heavy atom. The Balaban J connectivity index is 1.89. The minimum Gasteiger partial charge on any atom is -0.352 e. The normalized spacial score (nSPS) is 19.6. The molecule has 1 atom stereocenters. The number of carbonyl (C=O) groups is 1. The molecule has 0 spiro atoms. The quantitative estimate of drug-likeness (QED) is 0.761. The zero-order valence-corrected chi connectivity index (χ0v) is 9.45. The molecule has 1 fully saturated rings. The zero-order valence-electron chi connectivity index (χ0n) is 9.45. The minimum absolute atomic E-state index is 0.117. The van der Waals surface area contributed by atoms with Crippen molar-refractivity contribution in [3.05, 3.63) is 11.4 Å². The van der Waals surface area contributed by atoms with Crippen LogP contribution in [0.2, 0.25) is 0 Å². The third kappa shape index (κ3) is 2.44. The summed E-state index contributed by atoms with van der Waals surface area (Å²) in [4.78, 5) is 15.2. The molecule has 16 heavy (non-hydrogen) atoms. The average molecular weight is 221 g/mol. The molecule has 6 nitrogen and oxygen atoms in total. The number of aromatic nitrogens is 3. The van der Waals surface area contributed by atoms with Crippen molar-refractivity contribution in [2.24, 2.45) is 0 Å². The first-order valence-corrected chi connectivity index (χ1v) is 5.36. The van der Waals surface area contributed by atoms with Gasteiger partial charge in [0.2, 0.25) is 11.9 Å². The van der Waals surface area contributed by atoms with Crippen LogP contribution in [0.15, 0.2) is 0 Å². The predicted molar refractivity (Wildman–Crippen MR) is 59.0 cm³/mol. The van der Waals surface area contributed by atoms with Gasteiger partial charge in [-0.2, -0.15) is 5.10 Å². The summed E-state index contributed by atoms with van der Waals surface area (Å²) in [7, 11) is 0. The molecule has 2 heterocycles. The average Bonchev–Trinajstić information content (AvgIpc) is 2.66. The van der Waals surface area contributed by atoms with Crippen molar-refractivity contribution in [1.29, 1.82) is 0 Å². The molecular formula is C10H15N5O. The van der Waals surface area contributed by atoms with Crippen LogP contribution in [0, 0.1) is 13.8 Å². The molecule has 6 heteroatoms. The molecule has 1 aliphatic heterocycles. The smallest absolute Gasteiger partial charge is 0.243 e. The highest BCUT2D eigenvalue weighted by molar-refractivity contribution is 5.78. The summed E-state index contributed by atoms with van der Waals surface area (Å²) in [6.45, 7) is 4.42. The van der Waals surface area contributed by atoms with E-state index in [1.165, 1.54) is 0 Å².